The molecule has 1 N–H and O–H groups in total. The minimum absolute atomic E-state index is 0.0854. The number of aromatic nitrogens is 2. The first kappa shape index (κ1) is 17.9. The summed E-state index contributed by atoms with van der Waals surface area (Å²) in [6, 6.07) is 16.3. The van der Waals surface area contributed by atoms with Gasteiger partial charge < -0.3 is 5.32 Å². The van der Waals surface area contributed by atoms with Gasteiger partial charge in [-0.1, -0.05) is 30.3 Å². The smallest absolute Gasteiger partial charge is 0.251 e. The predicted octanol–water partition coefficient (Wildman–Crippen LogP) is 2.35. The van der Waals surface area contributed by atoms with Gasteiger partial charge in [0.05, 0.1) is 17.6 Å². The Morgan fingerprint density at radius 1 is 1.08 bits per heavy atom. The van der Waals surface area contributed by atoms with Crippen molar-refractivity contribution >= 4 is 15.7 Å². The van der Waals surface area contributed by atoms with E-state index in [1.807, 2.05) is 36.5 Å². The van der Waals surface area contributed by atoms with E-state index in [9.17, 15) is 13.2 Å². The molecule has 1 heterocycles. The fraction of sp³-hybridized carbons (Fsp3) is 0.158. The highest BCUT2D eigenvalue weighted by atomic mass is 32.2. The van der Waals surface area contributed by atoms with E-state index in [2.05, 4.69) is 10.4 Å². The average Bonchev–Trinajstić information content (AvgIpc) is 3.08. The molecule has 1 amide bonds. The van der Waals surface area contributed by atoms with Crippen molar-refractivity contribution in [3.63, 3.8) is 0 Å². The summed E-state index contributed by atoms with van der Waals surface area (Å²) in [5.41, 5.74) is 2.84. The summed E-state index contributed by atoms with van der Waals surface area (Å²) < 4.78 is 24.5. The molecule has 0 saturated heterocycles. The Balaban J connectivity index is 1.64. The molecule has 134 valence electrons. The molecular formula is C19H19N3O3S. The van der Waals surface area contributed by atoms with Gasteiger partial charge in [-0.3, -0.25) is 4.79 Å². The third kappa shape index (κ3) is 4.80. The highest BCUT2D eigenvalue weighted by Gasteiger charge is 2.10. The zero-order chi connectivity index (χ0) is 18.6. The molecule has 7 heteroatoms. The Labute approximate surface area is 152 Å². The van der Waals surface area contributed by atoms with Gasteiger partial charge in [-0.05, 0) is 29.8 Å². The number of benzene rings is 2. The average molecular weight is 369 g/mol. The number of para-hydroxylation sites is 1. The second kappa shape index (κ2) is 7.53. The molecule has 0 aliphatic rings. The van der Waals surface area contributed by atoms with E-state index < -0.39 is 9.84 Å². The first-order valence-electron chi connectivity index (χ1n) is 8.04. The monoisotopic (exact) mass is 369 g/mol. The third-order valence-corrected chi connectivity index (χ3v) is 4.59. The number of nitrogens with one attached hydrogen (secondary N) is 1. The summed E-state index contributed by atoms with van der Waals surface area (Å²) in [6.07, 6.45) is 4.73. The van der Waals surface area contributed by atoms with Crippen molar-refractivity contribution in [2.24, 2.45) is 0 Å². The van der Waals surface area contributed by atoms with E-state index in [0.29, 0.717) is 17.7 Å². The Kier molecular flexibility index (Phi) is 5.18. The molecule has 2 aromatic carbocycles. The van der Waals surface area contributed by atoms with Crippen LogP contribution in [0, 0.1) is 0 Å². The van der Waals surface area contributed by atoms with Crippen molar-refractivity contribution in [1.82, 2.24) is 15.1 Å². The number of carbonyl (C=O) groups is 1. The number of sulfone groups is 1. The first-order valence-corrected chi connectivity index (χ1v) is 10.1. The van der Waals surface area contributed by atoms with Crippen LogP contribution in [0.2, 0.25) is 0 Å². The number of hydrogen-bond donors (Lipinski definition) is 1. The SMILES string of the molecule is CS(=O)(=O)Cc1cccc(C(=O)NCc2cnn(-c3ccccc3)c2)c1. The lowest BCUT2D eigenvalue weighted by atomic mass is 10.1. The maximum absolute atomic E-state index is 12.3. The van der Waals surface area contributed by atoms with Crippen molar-refractivity contribution < 1.29 is 13.2 Å². The van der Waals surface area contributed by atoms with Crippen LogP contribution >= 0.6 is 0 Å². The zero-order valence-corrected chi connectivity index (χ0v) is 15.1. The molecule has 0 saturated carbocycles. The van der Waals surface area contributed by atoms with Crippen LogP contribution in [0.3, 0.4) is 0 Å². The Hall–Kier alpha value is -2.93. The topological polar surface area (TPSA) is 81.1 Å². The van der Waals surface area contributed by atoms with E-state index >= 15 is 0 Å². The van der Waals surface area contributed by atoms with Crippen LogP contribution in [-0.4, -0.2) is 30.4 Å². The molecule has 0 fully saturated rings. The summed E-state index contributed by atoms with van der Waals surface area (Å²) in [5.74, 6) is -0.342. The maximum Gasteiger partial charge on any atom is 0.251 e. The predicted molar refractivity (Wildman–Crippen MR) is 99.7 cm³/mol. The highest BCUT2D eigenvalue weighted by Crippen LogP contribution is 2.10. The molecule has 0 bridgehead atoms. The van der Waals surface area contributed by atoms with Crippen LogP contribution < -0.4 is 5.32 Å². The molecule has 0 aliphatic carbocycles. The standard InChI is InChI=1S/C19H19N3O3S/c1-26(24,25)14-15-6-5-7-17(10-15)19(23)20-11-16-12-21-22(13-16)18-8-3-2-4-9-18/h2-10,12-13H,11,14H2,1H3,(H,20,23). The molecule has 0 spiro atoms. The number of hydrogen-bond acceptors (Lipinski definition) is 4. The molecule has 3 aromatic rings. The molecule has 26 heavy (non-hydrogen) atoms. The third-order valence-electron chi connectivity index (χ3n) is 3.73. The normalized spacial score (nSPS) is 11.3. The number of nitrogens with zero attached hydrogens (tertiary/aromatic N) is 2. The summed E-state index contributed by atoms with van der Waals surface area (Å²) in [4.78, 5) is 12.3. The molecular weight excluding hydrogens is 350 g/mol. The highest BCUT2D eigenvalue weighted by molar-refractivity contribution is 7.89. The molecule has 6 nitrogen and oxygen atoms in total. The fourth-order valence-corrected chi connectivity index (χ4v) is 3.35. The Morgan fingerprint density at radius 3 is 2.58 bits per heavy atom. The van der Waals surface area contributed by atoms with E-state index in [4.69, 9.17) is 0 Å². The van der Waals surface area contributed by atoms with Gasteiger partial charge >= 0.3 is 0 Å². The quantitative estimate of drug-likeness (QED) is 0.723. The van der Waals surface area contributed by atoms with Crippen molar-refractivity contribution in [3.05, 3.63) is 83.7 Å². The van der Waals surface area contributed by atoms with Crippen LogP contribution in [0.4, 0.5) is 0 Å². The lowest BCUT2D eigenvalue weighted by Gasteiger charge is -2.06. The number of amides is 1. The Morgan fingerprint density at radius 2 is 1.85 bits per heavy atom. The number of rotatable bonds is 6. The van der Waals surface area contributed by atoms with E-state index in [1.165, 1.54) is 6.26 Å². The molecule has 0 atom stereocenters. The van der Waals surface area contributed by atoms with Gasteiger partial charge in [0.2, 0.25) is 0 Å². The van der Waals surface area contributed by atoms with Crippen molar-refractivity contribution in [1.29, 1.82) is 0 Å². The molecule has 0 aliphatic heterocycles. The van der Waals surface area contributed by atoms with Crippen molar-refractivity contribution in [2.75, 3.05) is 6.26 Å². The van der Waals surface area contributed by atoms with E-state index in [-0.39, 0.29) is 11.7 Å². The maximum atomic E-state index is 12.3. The van der Waals surface area contributed by atoms with Crippen molar-refractivity contribution in [3.8, 4) is 5.69 Å². The van der Waals surface area contributed by atoms with Crippen LogP contribution in [0.5, 0.6) is 0 Å². The number of carbonyl (C=O) groups excluding carboxylic acids is 1. The first-order chi connectivity index (χ1) is 12.4. The van der Waals surface area contributed by atoms with Gasteiger partial charge in [0.25, 0.3) is 5.91 Å². The van der Waals surface area contributed by atoms with Gasteiger partial charge in [-0.25, -0.2) is 13.1 Å². The molecule has 1 aromatic heterocycles. The lowest BCUT2D eigenvalue weighted by molar-refractivity contribution is 0.0951. The van der Waals surface area contributed by atoms with Gasteiger partial charge in [0.1, 0.15) is 0 Å². The second-order valence-corrected chi connectivity index (χ2v) is 8.22. The molecule has 3 rings (SSSR count). The fourth-order valence-electron chi connectivity index (χ4n) is 2.56. The second-order valence-electron chi connectivity index (χ2n) is 6.08. The van der Waals surface area contributed by atoms with Crippen molar-refractivity contribution in [2.45, 2.75) is 12.3 Å². The van der Waals surface area contributed by atoms with Crippen LogP contribution in [0.25, 0.3) is 5.69 Å². The largest absolute Gasteiger partial charge is 0.348 e. The van der Waals surface area contributed by atoms with Gasteiger partial charge in [-0.2, -0.15) is 5.10 Å². The minimum Gasteiger partial charge on any atom is -0.348 e. The van der Waals surface area contributed by atoms with E-state index in [1.54, 1.807) is 35.1 Å². The van der Waals surface area contributed by atoms with Gasteiger partial charge in [0, 0.05) is 30.1 Å². The van der Waals surface area contributed by atoms with Crippen LogP contribution in [0.15, 0.2) is 67.0 Å². The summed E-state index contributed by atoms with van der Waals surface area (Å²) in [7, 11) is -3.14. The van der Waals surface area contributed by atoms with Gasteiger partial charge in [-0.15, -0.1) is 0 Å². The molecule has 0 radical (unpaired) electrons. The molecule has 0 unspecified atom stereocenters. The Bertz CT molecular complexity index is 1010. The van der Waals surface area contributed by atoms with E-state index in [0.717, 1.165) is 11.3 Å². The summed E-state index contributed by atoms with van der Waals surface area (Å²) >= 11 is 0. The van der Waals surface area contributed by atoms with Crippen LogP contribution in [0.1, 0.15) is 21.5 Å². The van der Waals surface area contributed by atoms with Gasteiger partial charge in [0.15, 0.2) is 9.84 Å². The lowest BCUT2D eigenvalue weighted by Crippen LogP contribution is -2.22. The van der Waals surface area contributed by atoms with Crippen LogP contribution in [-0.2, 0) is 22.1 Å². The summed E-state index contributed by atoms with van der Waals surface area (Å²) in [6.45, 7) is 0.335. The summed E-state index contributed by atoms with van der Waals surface area (Å²) in [5, 5.41) is 7.12. The minimum atomic E-state index is -3.14. The zero-order valence-electron chi connectivity index (χ0n) is 14.3.